The van der Waals surface area contributed by atoms with Crippen LogP contribution < -0.4 is 10.6 Å². The van der Waals surface area contributed by atoms with Gasteiger partial charge >= 0.3 is 0 Å². The van der Waals surface area contributed by atoms with Crippen molar-refractivity contribution < 1.29 is 4.79 Å². The van der Waals surface area contributed by atoms with Crippen LogP contribution in [0.5, 0.6) is 0 Å². The van der Waals surface area contributed by atoms with Crippen LogP contribution in [0.1, 0.15) is 37.4 Å². The first-order valence-corrected chi connectivity index (χ1v) is 6.46. The number of fused-ring (bicyclic) bond motifs is 1. The van der Waals surface area contributed by atoms with Crippen molar-refractivity contribution >= 4 is 5.91 Å². The summed E-state index contributed by atoms with van der Waals surface area (Å²) in [7, 11) is 0. The van der Waals surface area contributed by atoms with Crippen molar-refractivity contribution in [3.05, 3.63) is 35.9 Å². The largest absolute Gasteiger partial charge is 0.336 e. The minimum atomic E-state index is -0.0111. The van der Waals surface area contributed by atoms with Crippen LogP contribution in [-0.2, 0) is 4.79 Å². The molecule has 1 aliphatic carbocycles. The van der Waals surface area contributed by atoms with Gasteiger partial charge in [0.25, 0.3) is 0 Å². The third-order valence-corrected chi connectivity index (χ3v) is 3.90. The molecule has 1 saturated carbocycles. The molecule has 1 aromatic rings. The number of nitrogens with one attached hydrogen (secondary N) is 2. The van der Waals surface area contributed by atoms with Gasteiger partial charge in [-0.15, -0.1) is 0 Å². The summed E-state index contributed by atoms with van der Waals surface area (Å²) in [6.07, 6.45) is 4.57. The zero-order valence-corrected chi connectivity index (χ0v) is 9.86. The third-order valence-electron chi connectivity index (χ3n) is 3.90. The topological polar surface area (TPSA) is 41.1 Å². The minimum Gasteiger partial charge on any atom is -0.336 e. The fourth-order valence-electron chi connectivity index (χ4n) is 2.97. The number of carbonyl (C=O) groups is 1. The van der Waals surface area contributed by atoms with Crippen molar-refractivity contribution in [2.45, 2.75) is 37.9 Å². The first kappa shape index (κ1) is 10.8. The second kappa shape index (κ2) is 4.49. The van der Waals surface area contributed by atoms with Crippen molar-refractivity contribution in [2.24, 2.45) is 5.92 Å². The van der Waals surface area contributed by atoms with Gasteiger partial charge in [-0.3, -0.25) is 10.1 Å². The molecule has 0 bridgehead atoms. The average Bonchev–Trinajstić information content (AvgIpc) is 2.40. The summed E-state index contributed by atoms with van der Waals surface area (Å²) in [5.74, 6) is 0.408. The lowest BCUT2D eigenvalue weighted by Crippen LogP contribution is -2.57. The summed E-state index contributed by atoms with van der Waals surface area (Å²) in [5, 5.41) is 6.65. The number of carbonyl (C=O) groups excluding carboxylic acids is 1. The Bertz CT molecular complexity index is 404. The van der Waals surface area contributed by atoms with E-state index < -0.39 is 0 Å². The van der Waals surface area contributed by atoms with E-state index >= 15 is 0 Å². The van der Waals surface area contributed by atoms with Crippen molar-refractivity contribution in [1.82, 2.24) is 10.6 Å². The Balaban J connectivity index is 1.79. The highest BCUT2D eigenvalue weighted by atomic mass is 16.2. The molecule has 0 spiro atoms. The Morgan fingerprint density at radius 2 is 1.82 bits per heavy atom. The van der Waals surface area contributed by atoms with E-state index in [0.29, 0.717) is 6.04 Å². The first-order valence-electron chi connectivity index (χ1n) is 6.46. The van der Waals surface area contributed by atoms with Gasteiger partial charge in [-0.25, -0.2) is 0 Å². The summed E-state index contributed by atoms with van der Waals surface area (Å²) in [6, 6.07) is 10.5. The Morgan fingerprint density at radius 1 is 1.06 bits per heavy atom. The molecule has 3 unspecified atom stereocenters. The lowest BCUT2D eigenvalue weighted by atomic mass is 9.82. The normalized spacial score (nSPS) is 32.7. The van der Waals surface area contributed by atoms with E-state index in [2.05, 4.69) is 22.8 Å². The molecule has 3 atom stereocenters. The molecule has 3 nitrogen and oxygen atoms in total. The van der Waals surface area contributed by atoms with Crippen molar-refractivity contribution in [2.75, 3.05) is 0 Å². The number of benzene rings is 1. The SMILES string of the molecule is O=C1NC(c2ccccc2)NC2CCCCC12. The first-order chi connectivity index (χ1) is 8.34. The fourth-order valence-corrected chi connectivity index (χ4v) is 2.97. The molecule has 0 aromatic heterocycles. The number of hydrogen-bond acceptors (Lipinski definition) is 2. The maximum Gasteiger partial charge on any atom is 0.226 e. The molecule has 2 fully saturated rings. The van der Waals surface area contributed by atoms with Gasteiger partial charge in [-0.1, -0.05) is 43.2 Å². The molecule has 90 valence electrons. The van der Waals surface area contributed by atoms with Crippen LogP contribution in [0.15, 0.2) is 30.3 Å². The Kier molecular flexibility index (Phi) is 2.85. The molecular formula is C14H18N2O. The van der Waals surface area contributed by atoms with Crippen LogP contribution in [0.3, 0.4) is 0 Å². The predicted octanol–water partition coefficient (Wildman–Crippen LogP) is 1.96. The minimum absolute atomic E-state index is 0.0111. The van der Waals surface area contributed by atoms with E-state index in [1.54, 1.807) is 0 Å². The second-order valence-electron chi connectivity index (χ2n) is 5.02. The van der Waals surface area contributed by atoms with Gasteiger partial charge < -0.3 is 5.32 Å². The number of rotatable bonds is 1. The standard InChI is InChI=1S/C14H18N2O/c17-14-11-8-4-5-9-12(11)15-13(16-14)10-6-2-1-3-7-10/h1-3,6-7,11-13,15H,4-5,8-9H2,(H,16,17). The average molecular weight is 230 g/mol. The summed E-state index contributed by atoms with van der Waals surface area (Å²) in [6.45, 7) is 0. The fraction of sp³-hybridized carbons (Fsp3) is 0.500. The van der Waals surface area contributed by atoms with E-state index in [-0.39, 0.29) is 18.0 Å². The van der Waals surface area contributed by atoms with Gasteiger partial charge in [0.05, 0.1) is 5.92 Å². The van der Waals surface area contributed by atoms with E-state index in [1.807, 2.05) is 18.2 Å². The molecule has 1 aliphatic heterocycles. The van der Waals surface area contributed by atoms with Gasteiger partial charge in [0.1, 0.15) is 6.17 Å². The zero-order chi connectivity index (χ0) is 11.7. The molecule has 1 heterocycles. The van der Waals surface area contributed by atoms with E-state index in [4.69, 9.17) is 0 Å². The van der Waals surface area contributed by atoms with Crippen molar-refractivity contribution in [3.63, 3.8) is 0 Å². The van der Waals surface area contributed by atoms with E-state index in [1.165, 1.54) is 12.8 Å². The molecular weight excluding hydrogens is 212 g/mol. The lowest BCUT2D eigenvalue weighted by Gasteiger charge is -2.40. The molecule has 17 heavy (non-hydrogen) atoms. The lowest BCUT2D eigenvalue weighted by molar-refractivity contribution is -0.130. The molecule has 1 aromatic carbocycles. The summed E-state index contributed by atoms with van der Waals surface area (Å²) in [4.78, 5) is 12.1. The highest BCUT2D eigenvalue weighted by molar-refractivity contribution is 5.80. The highest BCUT2D eigenvalue weighted by Crippen LogP contribution is 2.29. The Hall–Kier alpha value is -1.35. The smallest absolute Gasteiger partial charge is 0.226 e. The van der Waals surface area contributed by atoms with Crippen LogP contribution >= 0.6 is 0 Å². The van der Waals surface area contributed by atoms with Gasteiger partial charge in [0, 0.05) is 6.04 Å². The van der Waals surface area contributed by atoms with Crippen LogP contribution in [-0.4, -0.2) is 11.9 Å². The van der Waals surface area contributed by atoms with Gasteiger partial charge in [-0.2, -0.15) is 0 Å². The maximum absolute atomic E-state index is 12.1. The molecule has 2 aliphatic rings. The van der Waals surface area contributed by atoms with Gasteiger partial charge in [-0.05, 0) is 18.4 Å². The summed E-state index contributed by atoms with van der Waals surface area (Å²) >= 11 is 0. The number of amides is 1. The highest BCUT2D eigenvalue weighted by Gasteiger charge is 2.37. The van der Waals surface area contributed by atoms with E-state index in [9.17, 15) is 4.79 Å². The molecule has 2 N–H and O–H groups in total. The van der Waals surface area contributed by atoms with Gasteiger partial charge in [0.15, 0.2) is 0 Å². The van der Waals surface area contributed by atoms with Crippen LogP contribution in [0.4, 0.5) is 0 Å². The van der Waals surface area contributed by atoms with Crippen molar-refractivity contribution in [1.29, 1.82) is 0 Å². The predicted molar refractivity (Wildman–Crippen MR) is 66.2 cm³/mol. The summed E-state index contributed by atoms with van der Waals surface area (Å²) < 4.78 is 0. The van der Waals surface area contributed by atoms with Gasteiger partial charge in [0.2, 0.25) is 5.91 Å². The maximum atomic E-state index is 12.1. The molecule has 3 heteroatoms. The van der Waals surface area contributed by atoms with Crippen molar-refractivity contribution in [3.8, 4) is 0 Å². The molecule has 1 amide bonds. The van der Waals surface area contributed by atoms with E-state index in [0.717, 1.165) is 18.4 Å². The molecule has 3 rings (SSSR count). The summed E-state index contributed by atoms with van der Waals surface area (Å²) in [5.41, 5.74) is 1.14. The monoisotopic (exact) mass is 230 g/mol. The van der Waals surface area contributed by atoms with Crippen LogP contribution in [0, 0.1) is 5.92 Å². The quantitative estimate of drug-likeness (QED) is 0.774. The molecule has 1 saturated heterocycles. The van der Waals surface area contributed by atoms with Crippen LogP contribution in [0.2, 0.25) is 0 Å². The Morgan fingerprint density at radius 3 is 2.65 bits per heavy atom. The van der Waals surface area contributed by atoms with Crippen LogP contribution in [0.25, 0.3) is 0 Å². The number of hydrogen-bond donors (Lipinski definition) is 2. The zero-order valence-electron chi connectivity index (χ0n) is 9.86. The molecule has 0 radical (unpaired) electrons. The third kappa shape index (κ3) is 2.07. The second-order valence-corrected chi connectivity index (χ2v) is 5.02. The Labute approximate surface area is 102 Å².